The van der Waals surface area contributed by atoms with Gasteiger partial charge in [0.2, 0.25) is 0 Å². The van der Waals surface area contributed by atoms with Crippen LogP contribution in [0, 0.1) is 0 Å². The summed E-state index contributed by atoms with van der Waals surface area (Å²) in [5, 5.41) is 0. The Kier molecular flexibility index (Phi) is 5.87. The average molecular weight is 382 g/mol. The third-order valence-corrected chi connectivity index (χ3v) is 5.18. The highest BCUT2D eigenvalue weighted by molar-refractivity contribution is 5.96. The zero-order chi connectivity index (χ0) is 20.3. The predicted octanol–water partition coefficient (Wildman–Crippen LogP) is 3.08. The normalized spacial score (nSPS) is 19.3. The highest BCUT2D eigenvalue weighted by Crippen LogP contribution is 2.22. The molecule has 6 heteroatoms. The number of piperazine rings is 1. The SMILES string of the molecule is COc1ccc(C(=O)N2CC(C)N(C(=O)c3ccc(OC)cc3)CC2C)cc1. The van der Waals surface area contributed by atoms with Crippen LogP contribution < -0.4 is 9.47 Å². The number of methoxy groups -OCH3 is 2. The van der Waals surface area contributed by atoms with Gasteiger partial charge in [-0.1, -0.05) is 0 Å². The second-order valence-electron chi connectivity index (χ2n) is 7.07. The quantitative estimate of drug-likeness (QED) is 0.815. The lowest BCUT2D eigenvalue weighted by molar-refractivity contribution is 0.0270. The Bertz CT molecular complexity index is 761. The van der Waals surface area contributed by atoms with E-state index in [1.54, 1.807) is 62.8 Å². The van der Waals surface area contributed by atoms with Gasteiger partial charge in [0.15, 0.2) is 0 Å². The number of carbonyl (C=O) groups excluding carboxylic acids is 2. The molecule has 0 aliphatic carbocycles. The van der Waals surface area contributed by atoms with Crippen LogP contribution in [0.25, 0.3) is 0 Å². The van der Waals surface area contributed by atoms with Gasteiger partial charge in [-0.3, -0.25) is 9.59 Å². The molecular formula is C22H26N2O4. The first kappa shape index (κ1) is 19.7. The van der Waals surface area contributed by atoms with E-state index in [1.807, 2.05) is 23.6 Å². The molecule has 3 rings (SSSR count). The third kappa shape index (κ3) is 3.96. The molecule has 1 aliphatic heterocycles. The summed E-state index contributed by atoms with van der Waals surface area (Å²) in [6.45, 7) is 4.94. The van der Waals surface area contributed by atoms with E-state index >= 15 is 0 Å². The fourth-order valence-corrected chi connectivity index (χ4v) is 3.49. The molecule has 0 bridgehead atoms. The molecule has 0 radical (unpaired) electrons. The van der Waals surface area contributed by atoms with E-state index in [1.165, 1.54) is 0 Å². The molecule has 0 N–H and O–H groups in total. The second-order valence-corrected chi connectivity index (χ2v) is 7.07. The first-order chi connectivity index (χ1) is 13.4. The van der Waals surface area contributed by atoms with Crippen molar-refractivity contribution in [3.8, 4) is 11.5 Å². The number of nitrogens with zero attached hydrogens (tertiary/aromatic N) is 2. The van der Waals surface area contributed by atoms with Gasteiger partial charge in [-0.15, -0.1) is 0 Å². The monoisotopic (exact) mass is 382 g/mol. The van der Waals surface area contributed by atoms with Gasteiger partial charge < -0.3 is 19.3 Å². The minimum atomic E-state index is -0.0759. The smallest absolute Gasteiger partial charge is 0.254 e. The maximum absolute atomic E-state index is 12.9. The largest absolute Gasteiger partial charge is 0.497 e. The van der Waals surface area contributed by atoms with E-state index in [0.717, 1.165) is 0 Å². The van der Waals surface area contributed by atoms with E-state index < -0.39 is 0 Å². The number of hydrogen-bond acceptors (Lipinski definition) is 4. The van der Waals surface area contributed by atoms with Gasteiger partial charge in [0.25, 0.3) is 11.8 Å². The molecule has 2 atom stereocenters. The van der Waals surface area contributed by atoms with Crippen molar-refractivity contribution in [2.24, 2.45) is 0 Å². The molecule has 1 fully saturated rings. The molecule has 2 unspecified atom stereocenters. The Balaban J connectivity index is 1.71. The number of ether oxygens (including phenoxy) is 2. The van der Waals surface area contributed by atoms with E-state index in [-0.39, 0.29) is 23.9 Å². The van der Waals surface area contributed by atoms with Crippen molar-refractivity contribution >= 4 is 11.8 Å². The molecule has 2 amide bonds. The van der Waals surface area contributed by atoms with E-state index in [9.17, 15) is 9.59 Å². The van der Waals surface area contributed by atoms with Gasteiger partial charge in [0.05, 0.1) is 14.2 Å². The first-order valence-electron chi connectivity index (χ1n) is 9.34. The molecule has 2 aromatic carbocycles. The minimum absolute atomic E-state index is 0.0291. The van der Waals surface area contributed by atoms with Crippen molar-refractivity contribution in [3.63, 3.8) is 0 Å². The fraction of sp³-hybridized carbons (Fsp3) is 0.364. The minimum Gasteiger partial charge on any atom is -0.497 e. The lowest BCUT2D eigenvalue weighted by Gasteiger charge is -2.44. The molecule has 2 aromatic rings. The van der Waals surface area contributed by atoms with Crippen molar-refractivity contribution < 1.29 is 19.1 Å². The van der Waals surface area contributed by atoms with Gasteiger partial charge in [-0.25, -0.2) is 0 Å². The summed E-state index contributed by atoms with van der Waals surface area (Å²) in [5.41, 5.74) is 1.24. The van der Waals surface area contributed by atoms with Gasteiger partial charge in [-0.2, -0.15) is 0 Å². The van der Waals surface area contributed by atoms with Gasteiger partial charge in [0.1, 0.15) is 11.5 Å². The summed E-state index contributed by atoms with van der Waals surface area (Å²) in [6.07, 6.45) is 0. The van der Waals surface area contributed by atoms with Crippen molar-refractivity contribution in [3.05, 3.63) is 59.7 Å². The zero-order valence-corrected chi connectivity index (χ0v) is 16.7. The van der Waals surface area contributed by atoms with Crippen LogP contribution in [0.1, 0.15) is 34.6 Å². The molecule has 0 spiro atoms. The Labute approximate surface area is 165 Å². The van der Waals surface area contributed by atoms with Crippen molar-refractivity contribution in [2.45, 2.75) is 25.9 Å². The van der Waals surface area contributed by atoms with Gasteiger partial charge in [0, 0.05) is 36.3 Å². The topological polar surface area (TPSA) is 59.1 Å². The van der Waals surface area contributed by atoms with Crippen LogP contribution in [0.4, 0.5) is 0 Å². The maximum Gasteiger partial charge on any atom is 0.254 e. The van der Waals surface area contributed by atoms with Crippen LogP contribution in [0.15, 0.2) is 48.5 Å². The number of amides is 2. The number of hydrogen-bond donors (Lipinski definition) is 0. The second kappa shape index (κ2) is 8.33. The van der Waals surface area contributed by atoms with Crippen LogP contribution in [0.2, 0.25) is 0 Å². The zero-order valence-electron chi connectivity index (χ0n) is 16.7. The number of rotatable bonds is 4. The Hall–Kier alpha value is -3.02. The summed E-state index contributed by atoms with van der Waals surface area (Å²) in [4.78, 5) is 29.6. The van der Waals surface area contributed by atoms with Crippen LogP contribution in [0.3, 0.4) is 0 Å². The van der Waals surface area contributed by atoms with E-state index in [0.29, 0.717) is 35.7 Å². The van der Waals surface area contributed by atoms with Crippen molar-refractivity contribution in [1.82, 2.24) is 9.80 Å². The van der Waals surface area contributed by atoms with Crippen LogP contribution in [-0.4, -0.2) is 61.0 Å². The van der Waals surface area contributed by atoms with E-state index in [2.05, 4.69) is 0 Å². The molecule has 1 saturated heterocycles. The molecule has 148 valence electrons. The molecular weight excluding hydrogens is 356 g/mol. The average Bonchev–Trinajstić information content (AvgIpc) is 2.74. The van der Waals surface area contributed by atoms with Gasteiger partial charge >= 0.3 is 0 Å². The highest BCUT2D eigenvalue weighted by atomic mass is 16.5. The molecule has 6 nitrogen and oxygen atoms in total. The van der Waals surface area contributed by atoms with Crippen molar-refractivity contribution in [1.29, 1.82) is 0 Å². The van der Waals surface area contributed by atoms with Crippen LogP contribution in [0.5, 0.6) is 11.5 Å². The van der Waals surface area contributed by atoms with Crippen LogP contribution in [-0.2, 0) is 0 Å². The Morgan fingerprint density at radius 1 is 0.714 bits per heavy atom. The first-order valence-corrected chi connectivity index (χ1v) is 9.34. The molecule has 1 heterocycles. The van der Waals surface area contributed by atoms with Gasteiger partial charge in [-0.05, 0) is 62.4 Å². The summed E-state index contributed by atoms with van der Waals surface area (Å²) >= 11 is 0. The summed E-state index contributed by atoms with van der Waals surface area (Å²) in [6, 6.07) is 14.1. The van der Waals surface area contributed by atoms with E-state index in [4.69, 9.17) is 9.47 Å². The standard InChI is InChI=1S/C22H26N2O4/c1-15-13-24(22(26)18-7-11-20(28-4)12-8-18)16(2)14-23(15)21(25)17-5-9-19(27-3)10-6-17/h5-12,15-16H,13-14H2,1-4H3. The van der Waals surface area contributed by atoms with Crippen molar-refractivity contribution in [2.75, 3.05) is 27.3 Å². The number of benzene rings is 2. The molecule has 0 aromatic heterocycles. The summed E-state index contributed by atoms with van der Waals surface area (Å²) < 4.78 is 10.3. The highest BCUT2D eigenvalue weighted by Gasteiger charge is 2.35. The maximum atomic E-state index is 12.9. The molecule has 0 saturated carbocycles. The predicted molar refractivity (Wildman–Crippen MR) is 107 cm³/mol. The summed E-state index contributed by atoms with van der Waals surface area (Å²) in [7, 11) is 3.19. The van der Waals surface area contributed by atoms with Crippen LogP contribution >= 0.6 is 0 Å². The third-order valence-electron chi connectivity index (χ3n) is 5.18. The number of carbonyl (C=O) groups is 2. The Morgan fingerprint density at radius 2 is 1.04 bits per heavy atom. The molecule has 1 aliphatic rings. The Morgan fingerprint density at radius 3 is 1.32 bits per heavy atom. The molecule has 28 heavy (non-hydrogen) atoms. The fourth-order valence-electron chi connectivity index (χ4n) is 3.49. The summed E-state index contributed by atoms with van der Waals surface area (Å²) in [5.74, 6) is 1.37. The lowest BCUT2D eigenvalue weighted by atomic mass is 10.0. The lowest BCUT2D eigenvalue weighted by Crippen LogP contribution is -2.59.